The molecule has 3 aromatic carbocycles. The quantitative estimate of drug-likeness (QED) is 0.332. The lowest BCUT2D eigenvalue weighted by atomic mass is 9.86. The van der Waals surface area contributed by atoms with E-state index in [0.29, 0.717) is 23.7 Å². The summed E-state index contributed by atoms with van der Waals surface area (Å²) in [7, 11) is 0. The molecule has 0 bridgehead atoms. The first-order valence-corrected chi connectivity index (χ1v) is 12.0. The first kappa shape index (κ1) is 23.3. The number of ether oxygens (including phenoxy) is 1. The lowest BCUT2D eigenvalue weighted by molar-refractivity contribution is -0.114. The molecule has 0 aliphatic carbocycles. The van der Waals surface area contributed by atoms with Crippen LogP contribution in [-0.4, -0.2) is 21.2 Å². The molecule has 180 valence electrons. The standard InChI is InChI=1S/C30H27N3O3/c1-2-22(34)19-21-9-6-7-12-25(21)26-13-8-18-33-28(29(31)35)27(32-30(26)33)20-14-16-24(17-15-20)36-23-10-4-3-5-11-23/h2-7,9-12,14-17,26H,1,8,13,18-19H2,(H2,31,35). The highest BCUT2D eigenvalue weighted by molar-refractivity contribution is 5.97. The molecule has 0 radical (unpaired) electrons. The van der Waals surface area contributed by atoms with E-state index in [-0.39, 0.29) is 18.1 Å². The summed E-state index contributed by atoms with van der Waals surface area (Å²) in [6.07, 6.45) is 3.39. The number of para-hydroxylation sites is 1. The predicted octanol–water partition coefficient (Wildman–Crippen LogP) is 5.66. The maximum Gasteiger partial charge on any atom is 0.267 e. The molecule has 6 nitrogen and oxygen atoms in total. The van der Waals surface area contributed by atoms with Gasteiger partial charge in [0.25, 0.3) is 5.91 Å². The van der Waals surface area contributed by atoms with E-state index in [9.17, 15) is 9.59 Å². The second kappa shape index (κ2) is 10.0. The number of imidazole rings is 1. The Balaban J connectivity index is 1.53. The van der Waals surface area contributed by atoms with Gasteiger partial charge in [-0.2, -0.15) is 0 Å². The third kappa shape index (κ3) is 4.58. The second-order valence-corrected chi connectivity index (χ2v) is 8.86. The summed E-state index contributed by atoms with van der Waals surface area (Å²) < 4.78 is 7.86. The fraction of sp³-hybridized carbons (Fsp3) is 0.167. The fourth-order valence-corrected chi connectivity index (χ4v) is 4.89. The molecule has 0 saturated heterocycles. The van der Waals surface area contributed by atoms with Gasteiger partial charge in [0.05, 0.1) is 0 Å². The van der Waals surface area contributed by atoms with Crippen molar-refractivity contribution in [3.8, 4) is 22.8 Å². The van der Waals surface area contributed by atoms with Crippen molar-refractivity contribution in [3.05, 3.63) is 114 Å². The molecule has 0 saturated carbocycles. The summed E-state index contributed by atoms with van der Waals surface area (Å²) in [6, 6.07) is 25.0. The van der Waals surface area contributed by atoms with Crippen molar-refractivity contribution in [1.29, 1.82) is 0 Å². The average molecular weight is 478 g/mol. The third-order valence-electron chi connectivity index (χ3n) is 6.55. The highest BCUT2D eigenvalue weighted by atomic mass is 16.5. The van der Waals surface area contributed by atoms with Crippen LogP contribution >= 0.6 is 0 Å². The molecule has 1 amide bonds. The van der Waals surface area contributed by atoms with Gasteiger partial charge in [-0.1, -0.05) is 49.0 Å². The lowest BCUT2D eigenvalue weighted by Gasteiger charge is -2.26. The molecule has 36 heavy (non-hydrogen) atoms. The summed E-state index contributed by atoms with van der Waals surface area (Å²) in [5.41, 5.74) is 9.64. The zero-order valence-corrected chi connectivity index (χ0v) is 19.9. The summed E-state index contributed by atoms with van der Waals surface area (Å²) >= 11 is 0. The number of benzene rings is 3. The molecule has 6 heteroatoms. The monoisotopic (exact) mass is 477 g/mol. The first-order valence-electron chi connectivity index (χ1n) is 12.0. The maximum absolute atomic E-state index is 12.6. The molecule has 1 atom stereocenters. The Hall–Kier alpha value is -4.45. The molecule has 1 aromatic heterocycles. The van der Waals surface area contributed by atoms with Crippen LogP contribution in [0.5, 0.6) is 11.5 Å². The van der Waals surface area contributed by atoms with Crippen LogP contribution in [0.25, 0.3) is 11.3 Å². The molecule has 2 N–H and O–H groups in total. The molecule has 1 aliphatic heterocycles. The van der Waals surface area contributed by atoms with Gasteiger partial charge in [-0.15, -0.1) is 0 Å². The van der Waals surface area contributed by atoms with Crippen LogP contribution in [0.3, 0.4) is 0 Å². The zero-order chi connectivity index (χ0) is 25.1. The number of nitrogens with two attached hydrogens (primary N) is 1. The first-order chi connectivity index (χ1) is 17.5. The van der Waals surface area contributed by atoms with Crippen LogP contribution in [-0.2, 0) is 17.8 Å². The van der Waals surface area contributed by atoms with Crippen LogP contribution in [0, 0.1) is 0 Å². The number of hydrogen-bond acceptors (Lipinski definition) is 4. The van der Waals surface area contributed by atoms with Crippen molar-refractivity contribution in [2.75, 3.05) is 0 Å². The Morgan fingerprint density at radius 3 is 2.42 bits per heavy atom. The number of fused-ring (bicyclic) bond motifs is 1. The number of nitrogens with zero attached hydrogens (tertiary/aromatic N) is 2. The van der Waals surface area contributed by atoms with E-state index in [0.717, 1.165) is 41.1 Å². The minimum Gasteiger partial charge on any atom is -0.457 e. The van der Waals surface area contributed by atoms with Crippen LogP contribution in [0.2, 0.25) is 0 Å². The zero-order valence-electron chi connectivity index (χ0n) is 19.9. The van der Waals surface area contributed by atoms with Gasteiger partial charge in [0.1, 0.15) is 28.7 Å². The smallest absolute Gasteiger partial charge is 0.267 e. The minimum absolute atomic E-state index is 0.0297. The van der Waals surface area contributed by atoms with E-state index < -0.39 is 5.91 Å². The molecule has 2 heterocycles. The van der Waals surface area contributed by atoms with Crippen molar-refractivity contribution >= 4 is 11.7 Å². The maximum atomic E-state index is 12.6. The van der Waals surface area contributed by atoms with Gasteiger partial charge >= 0.3 is 0 Å². The number of carbonyl (C=O) groups is 2. The van der Waals surface area contributed by atoms with Crippen molar-refractivity contribution in [1.82, 2.24) is 9.55 Å². The summed E-state index contributed by atoms with van der Waals surface area (Å²) in [5.74, 6) is 1.65. The molecule has 1 unspecified atom stereocenters. The van der Waals surface area contributed by atoms with Crippen molar-refractivity contribution in [3.63, 3.8) is 0 Å². The normalized spacial score (nSPS) is 14.6. The topological polar surface area (TPSA) is 87.2 Å². The molecular formula is C30H27N3O3. The van der Waals surface area contributed by atoms with Gasteiger partial charge in [0, 0.05) is 24.4 Å². The molecular weight excluding hydrogens is 450 g/mol. The fourth-order valence-electron chi connectivity index (χ4n) is 4.89. The number of aromatic nitrogens is 2. The molecule has 4 aromatic rings. The summed E-state index contributed by atoms with van der Waals surface area (Å²) in [5, 5.41) is 0. The molecule has 1 aliphatic rings. The predicted molar refractivity (Wildman–Crippen MR) is 139 cm³/mol. The number of primary amides is 1. The van der Waals surface area contributed by atoms with E-state index in [2.05, 4.69) is 6.58 Å². The van der Waals surface area contributed by atoms with Gasteiger partial charge in [0.15, 0.2) is 5.78 Å². The van der Waals surface area contributed by atoms with Crippen LogP contribution < -0.4 is 10.5 Å². The van der Waals surface area contributed by atoms with E-state index in [4.69, 9.17) is 15.5 Å². The van der Waals surface area contributed by atoms with E-state index in [1.807, 2.05) is 83.4 Å². The van der Waals surface area contributed by atoms with Gasteiger partial charge in [0.2, 0.25) is 0 Å². The average Bonchev–Trinajstić information content (AvgIpc) is 3.30. The number of hydrogen-bond donors (Lipinski definition) is 1. The number of rotatable bonds is 8. The van der Waals surface area contributed by atoms with Crippen LogP contribution in [0.15, 0.2) is 91.5 Å². The third-order valence-corrected chi connectivity index (χ3v) is 6.55. The lowest BCUT2D eigenvalue weighted by Crippen LogP contribution is -2.24. The molecule has 5 rings (SSSR count). The van der Waals surface area contributed by atoms with Gasteiger partial charge in [-0.25, -0.2) is 4.98 Å². The minimum atomic E-state index is -0.510. The Morgan fingerprint density at radius 2 is 1.69 bits per heavy atom. The summed E-state index contributed by atoms with van der Waals surface area (Å²) in [6.45, 7) is 4.27. The SMILES string of the molecule is C=CC(=O)Cc1ccccc1C1CCCn2c1nc(-c1ccc(Oc3ccccc3)cc1)c2C(N)=O. The van der Waals surface area contributed by atoms with Crippen LogP contribution in [0.1, 0.15) is 46.2 Å². The number of carbonyl (C=O) groups excluding carboxylic acids is 2. The van der Waals surface area contributed by atoms with Crippen LogP contribution in [0.4, 0.5) is 0 Å². The number of amides is 1. The Morgan fingerprint density at radius 1 is 1.00 bits per heavy atom. The van der Waals surface area contributed by atoms with Crippen molar-refractivity contribution in [2.24, 2.45) is 5.73 Å². The molecule has 0 spiro atoms. The van der Waals surface area contributed by atoms with Gasteiger partial charge < -0.3 is 15.0 Å². The van der Waals surface area contributed by atoms with Crippen molar-refractivity contribution in [2.45, 2.75) is 31.7 Å². The Labute approximate surface area is 210 Å². The Bertz CT molecular complexity index is 1420. The second-order valence-electron chi connectivity index (χ2n) is 8.86. The summed E-state index contributed by atoms with van der Waals surface area (Å²) in [4.78, 5) is 29.7. The number of ketones is 1. The van der Waals surface area contributed by atoms with E-state index in [1.54, 1.807) is 0 Å². The van der Waals surface area contributed by atoms with Crippen molar-refractivity contribution < 1.29 is 14.3 Å². The highest BCUT2D eigenvalue weighted by Gasteiger charge is 2.31. The Kier molecular flexibility index (Phi) is 6.50. The van der Waals surface area contributed by atoms with E-state index in [1.165, 1.54) is 6.08 Å². The largest absolute Gasteiger partial charge is 0.457 e. The van der Waals surface area contributed by atoms with E-state index >= 15 is 0 Å². The molecule has 0 fully saturated rings. The van der Waals surface area contributed by atoms with Gasteiger partial charge in [-0.05, 0) is 66.4 Å². The highest BCUT2D eigenvalue weighted by Crippen LogP contribution is 2.38. The van der Waals surface area contributed by atoms with Gasteiger partial charge in [-0.3, -0.25) is 9.59 Å². The number of allylic oxidation sites excluding steroid dienone is 1.